The predicted octanol–water partition coefficient (Wildman–Crippen LogP) is 2.04. The summed E-state index contributed by atoms with van der Waals surface area (Å²) in [5.41, 5.74) is 0.139. The average molecular weight is 288 g/mol. The number of aromatic nitrogens is 1. The third-order valence-electron chi connectivity index (χ3n) is 3.35. The van der Waals surface area contributed by atoms with Gasteiger partial charge in [-0.05, 0) is 50.5 Å². The van der Waals surface area contributed by atoms with E-state index in [1.54, 1.807) is 0 Å². The molecule has 0 aromatic carbocycles. The predicted molar refractivity (Wildman–Crippen MR) is 64.7 cm³/mol. The SMILES string of the molecule is Cc1onc(Br)c1B1OC(C)(C)C(C)(C)O1. The van der Waals surface area contributed by atoms with E-state index in [4.69, 9.17) is 13.8 Å². The summed E-state index contributed by atoms with van der Waals surface area (Å²) in [6.45, 7) is 9.92. The molecular weight excluding hydrogens is 273 g/mol. The maximum atomic E-state index is 5.92. The van der Waals surface area contributed by atoms with Crippen molar-refractivity contribution >= 4 is 28.5 Å². The summed E-state index contributed by atoms with van der Waals surface area (Å²) >= 11 is 3.34. The molecule has 88 valence electrons. The van der Waals surface area contributed by atoms with E-state index in [0.29, 0.717) is 10.4 Å². The molecule has 0 radical (unpaired) electrons. The van der Waals surface area contributed by atoms with Crippen molar-refractivity contribution in [3.63, 3.8) is 0 Å². The molecule has 1 fully saturated rings. The monoisotopic (exact) mass is 287 g/mol. The molecule has 1 saturated heterocycles. The van der Waals surface area contributed by atoms with Gasteiger partial charge in [-0.15, -0.1) is 0 Å². The maximum Gasteiger partial charge on any atom is 0.501 e. The molecule has 0 atom stereocenters. The van der Waals surface area contributed by atoms with Crippen LogP contribution in [0.5, 0.6) is 0 Å². The van der Waals surface area contributed by atoms with Crippen LogP contribution < -0.4 is 5.46 Å². The van der Waals surface area contributed by atoms with Gasteiger partial charge in [-0.25, -0.2) is 0 Å². The standard InChI is InChI=1S/C10H15BBrNO3/c1-6-7(8(12)13-14-6)11-15-9(2,3)10(4,5)16-11/h1-5H3. The molecule has 0 aliphatic carbocycles. The highest BCUT2D eigenvalue weighted by molar-refractivity contribution is 9.10. The minimum absolute atomic E-state index is 0.346. The highest BCUT2D eigenvalue weighted by Gasteiger charge is 2.53. The van der Waals surface area contributed by atoms with Crippen LogP contribution in [-0.2, 0) is 9.31 Å². The van der Waals surface area contributed by atoms with Crippen LogP contribution >= 0.6 is 15.9 Å². The Kier molecular flexibility index (Phi) is 2.72. The van der Waals surface area contributed by atoms with Gasteiger partial charge in [0.05, 0.1) is 16.7 Å². The Morgan fingerprint density at radius 3 is 2.00 bits per heavy atom. The van der Waals surface area contributed by atoms with Crippen molar-refractivity contribution in [3.8, 4) is 0 Å². The molecule has 0 saturated carbocycles. The van der Waals surface area contributed by atoms with Crippen molar-refractivity contribution in [2.45, 2.75) is 45.8 Å². The van der Waals surface area contributed by atoms with Crippen LogP contribution in [0, 0.1) is 6.92 Å². The maximum absolute atomic E-state index is 5.92. The van der Waals surface area contributed by atoms with Gasteiger partial charge in [0, 0.05) is 0 Å². The minimum atomic E-state index is -0.425. The third-order valence-corrected chi connectivity index (χ3v) is 3.93. The summed E-state index contributed by atoms with van der Waals surface area (Å²) in [6, 6.07) is 0. The van der Waals surface area contributed by atoms with Crippen LogP contribution in [0.25, 0.3) is 0 Å². The molecule has 4 nitrogen and oxygen atoms in total. The van der Waals surface area contributed by atoms with Crippen LogP contribution in [-0.4, -0.2) is 23.5 Å². The van der Waals surface area contributed by atoms with E-state index in [2.05, 4.69) is 21.1 Å². The Bertz CT molecular complexity index is 381. The van der Waals surface area contributed by atoms with Crippen LogP contribution in [0.1, 0.15) is 33.5 Å². The second-order valence-corrected chi connectivity index (χ2v) is 5.78. The normalized spacial score (nSPS) is 22.8. The molecule has 6 heteroatoms. The first kappa shape index (κ1) is 12.1. The highest BCUT2D eigenvalue weighted by Crippen LogP contribution is 2.37. The van der Waals surface area contributed by atoms with Gasteiger partial charge >= 0.3 is 7.12 Å². The van der Waals surface area contributed by atoms with Crippen molar-refractivity contribution in [2.24, 2.45) is 0 Å². The summed E-state index contributed by atoms with van der Waals surface area (Å²) in [5.74, 6) is 0.713. The number of aryl methyl sites for hydroxylation is 1. The number of hydrogen-bond donors (Lipinski definition) is 0. The summed E-state index contributed by atoms with van der Waals surface area (Å²) in [5, 5.41) is 3.84. The first-order valence-corrected chi connectivity index (χ1v) is 6.01. The Labute approximate surface area is 104 Å². The molecule has 16 heavy (non-hydrogen) atoms. The molecular formula is C10H15BBrNO3. The van der Waals surface area contributed by atoms with Crippen molar-refractivity contribution in [3.05, 3.63) is 10.4 Å². The second-order valence-electron chi connectivity index (χ2n) is 5.03. The molecule has 1 aromatic rings. The van der Waals surface area contributed by atoms with E-state index < -0.39 is 7.12 Å². The van der Waals surface area contributed by atoms with Crippen molar-refractivity contribution < 1.29 is 13.8 Å². The van der Waals surface area contributed by atoms with E-state index >= 15 is 0 Å². The largest absolute Gasteiger partial charge is 0.501 e. The van der Waals surface area contributed by atoms with Crippen LogP contribution in [0.2, 0.25) is 0 Å². The van der Waals surface area contributed by atoms with Gasteiger partial charge in [-0.3, -0.25) is 0 Å². The van der Waals surface area contributed by atoms with E-state index in [1.165, 1.54) is 0 Å². The number of halogens is 1. The highest BCUT2D eigenvalue weighted by atomic mass is 79.9. The Morgan fingerprint density at radius 2 is 1.62 bits per heavy atom. The Balaban J connectivity index is 2.34. The fourth-order valence-corrected chi connectivity index (χ4v) is 2.11. The number of hydrogen-bond acceptors (Lipinski definition) is 4. The molecule has 0 bridgehead atoms. The van der Waals surface area contributed by atoms with Crippen molar-refractivity contribution in [1.29, 1.82) is 0 Å². The lowest BCUT2D eigenvalue weighted by atomic mass is 9.80. The molecule has 0 amide bonds. The third kappa shape index (κ3) is 1.73. The molecule has 2 heterocycles. The molecule has 1 aliphatic rings. The van der Waals surface area contributed by atoms with Gasteiger partial charge in [0.1, 0.15) is 10.4 Å². The summed E-state index contributed by atoms with van der Waals surface area (Å²) < 4.78 is 17.6. The lowest BCUT2D eigenvalue weighted by Gasteiger charge is -2.32. The van der Waals surface area contributed by atoms with E-state index in [0.717, 1.165) is 5.46 Å². The number of nitrogens with zero attached hydrogens (tertiary/aromatic N) is 1. The summed E-state index contributed by atoms with van der Waals surface area (Å²) in [6.07, 6.45) is 0. The Morgan fingerprint density at radius 1 is 1.12 bits per heavy atom. The summed E-state index contributed by atoms with van der Waals surface area (Å²) in [7, 11) is -0.425. The first-order chi connectivity index (χ1) is 7.24. The van der Waals surface area contributed by atoms with Crippen LogP contribution in [0.4, 0.5) is 0 Å². The van der Waals surface area contributed by atoms with Crippen LogP contribution in [0.3, 0.4) is 0 Å². The quantitative estimate of drug-likeness (QED) is 0.742. The Hall–Kier alpha value is -0.325. The molecule has 1 aromatic heterocycles. The summed E-state index contributed by atoms with van der Waals surface area (Å²) in [4.78, 5) is 0. The van der Waals surface area contributed by atoms with Crippen molar-refractivity contribution in [1.82, 2.24) is 5.16 Å². The molecule has 0 spiro atoms. The van der Waals surface area contributed by atoms with Crippen molar-refractivity contribution in [2.75, 3.05) is 0 Å². The van der Waals surface area contributed by atoms with Gasteiger partial charge in [0.25, 0.3) is 0 Å². The molecule has 2 rings (SSSR count). The number of rotatable bonds is 1. The molecule has 1 aliphatic heterocycles. The van der Waals surface area contributed by atoms with Gasteiger partial charge in [-0.2, -0.15) is 0 Å². The van der Waals surface area contributed by atoms with Gasteiger partial charge in [0.15, 0.2) is 0 Å². The minimum Gasteiger partial charge on any atom is -0.399 e. The zero-order valence-corrected chi connectivity index (χ0v) is 11.7. The van der Waals surface area contributed by atoms with Gasteiger partial charge < -0.3 is 13.8 Å². The van der Waals surface area contributed by atoms with Gasteiger partial charge in [0.2, 0.25) is 0 Å². The first-order valence-electron chi connectivity index (χ1n) is 5.22. The van der Waals surface area contributed by atoms with E-state index in [9.17, 15) is 0 Å². The lowest BCUT2D eigenvalue weighted by Crippen LogP contribution is -2.41. The lowest BCUT2D eigenvalue weighted by molar-refractivity contribution is 0.00578. The van der Waals surface area contributed by atoms with Crippen LogP contribution in [0.15, 0.2) is 9.13 Å². The second kappa shape index (κ2) is 3.58. The average Bonchev–Trinajstić information content (AvgIpc) is 2.52. The van der Waals surface area contributed by atoms with E-state index in [-0.39, 0.29) is 11.2 Å². The topological polar surface area (TPSA) is 44.5 Å². The van der Waals surface area contributed by atoms with Gasteiger partial charge in [-0.1, -0.05) is 5.16 Å². The van der Waals surface area contributed by atoms with E-state index in [1.807, 2.05) is 34.6 Å². The molecule has 0 unspecified atom stereocenters. The zero-order valence-electron chi connectivity index (χ0n) is 10.1. The smallest absolute Gasteiger partial charge is 0.399 e. The zero-order chi connectivity index (χ0) is 12.1. The fraction of sp³-hybridized carbons (Fsp3) is 0.700. The fourth-order valence-electron chi connectivity index (χ4n) is 1.58. The molecule has 0 N–H and O–H groups in total.